The number of rotatable bonds is 3. The molecule has 2 aromatic rings. The van der Waals surface area contributed by atoms with Gasteiger partial charge in [0.1, 0.15) is 5.71 Å². The molecule has 0 unspecified atom stereocenters. The Morgan fingerprint density at radius 3 is 1.76 bits per heavy atom. The van der Waals surface area contributed by atoms with Gasteiger partial charge in [0.15, 0.2) is 0 Å². The van der Waals surface area contributed by atoms with Gasteiger partial charge in [0.25, 0.3) is 0 Å². The molecule has 3 nitrogen and oxygen atoms in total. The molecule has 0 heterocycles. The van der Waals surface area contributed by atoms with Crippen molar-refractivity contribution in [2.24, 2.45) is 10.9 Å². The van der Waals surface area contributed by atoms with Gasteiger partial charge in [-0.25, -0.2) is 0 Å². The minimum Gasteiger partial charge on any atom is -0.323 e. The summed E-state index contributed by atoms with van der Waals surface area (Å²) in [6, 6.07) is 18.9. The molecule has 0 aliphatic rings. The molecular weight excluding hydrogens is 210 g/mol. The lowest BCUT2D eigenvalue weighted by Crippen LogP contribution is -2.17. The molecule has 0 fully saturated rings. The Hall–Kier alpha value is -2.42. The third-order valence-corrected chi connectivity index (χ3v) is 2.48. The van der Waals surface area contributed by atoms with Gasteiger partial charge in [0.2, 0.25) is 0 Å². The Balaban J connectivity index is 2.37. The Morgan fingerprint density at radius 2 is 1.29 bits per heavy atom. The zero-order chi connectivity index (χ0) is 12.1. The predicted molar refractivity (Wildman–Crippen MR) is 70.4 cm³/mol. The van der Waals surface area contributed by atoms with Gasteiger partial charge >= 0.3 is 0 Å². The minimum atomic E-state index is 0.333. The van der Waals surface area contributed by atoms with E-state index in [4.69, 9.17) is 11.3 Å². The van der Waals surface area contributed by atoms with Crippen LogP contribution in [0, 0.1) is 5.41 Å². The Morgan fingerprint density at radius 1 is 0.824 bits per heavy atom. The largest absolute Gasteiger partial charge is 0.323 e. The first-order valence-corrected chi connectivity index (χ1v) is 5.30. The number of hydrazone groups is 1. The lowest BCUT2D eigenvalue weighted by molar-refractivity contribution is 1.25. The Bertz CT molecular complexity index is 530. The van der Waals surface area contributed by atoms with Gasteiger partial charge in [-0.1, -0.05) is 60.7 Å². The molecule has 0 aliphatic heterocycles. The van der Waals surface area contributed by atoms with Crippen LogP contribution in [-0.4, -0.2) is 11.4 Å². The maximum absolute atomic E-state index is 8.11. The standard InChI is InChI=1S/C14H13N3/c15-13(11-7-3-1-4-8-11)14(17-16)12-9-5-2-6-10-12/h1-10,15H,16H2/b15-13?,17-14-. The molecule has 3 N–H and O–H groups in total. The zero-order valence-corrected chi connectivity index (χ0v) is 9.30. The molecule has 0 aliphatic carbocycles. The smallest absolute Gasteiger partial charge is 0.115 e. The van der Waals surface area contributed by atoms with E-state index in [0.29, 0.717) is 11.4 Å². The summed E-state index contributed by atoms with van der Waals surface area (Å²) in [6.45, 7) is 0. The summed E-state index contributed by atoms with van der Waals surface area (Å²) in [5.74, 6) is 5.39. The number of benzene rings is 2. The summed E-state index contributed by atoms with van der Waals surface area (Å²) in [6.07, 6.45) is 0. The number of hydrogen-bond donors (Lipinski definition) is 2. The van der Waals surface area contributed by atoms with Crippen LogP contribution < -0.4 is 5.84 Å². The van der Waals surface area contributed by atoms with Crippen LogP contribution >= 0.6 is 0 Å². The van der Waals surface area contributed by atoms with E-state index in [1.54, 1.807) is 0 Å². The highest BCUT2D eigenvalue weighted by molar-refractivity contribution is 6.52. The van der Waals surface area contributed by atoms with E-state index in [2.05, 4.69) is 5.10 Å². The lowest BCUT2D eigenvalue weighted by atomic mass is 10.0. The van der Waals surface area contributed by atoms with Crippen molar-refractivity contribution >= 4 is 11.4 Å². The van der Waals surface area contributed by atoms with Gasteiger partial charge in [-0.15, -0.1) is 0 Å². The molecule has 0 atom stereocenters. The molecule has 2 aromatic carbocycles. The van der Waals surface area contributed by atoms with Crippen LogP contribution in [0.25, 0.3) is 0 Å². The SMILES string of the molecule is N=C(/C(=N\N)c1ccccc1)c1ccccc1. The third kappa shape index (κ3) is 2.39. The predicted octanol–water partition coefficient (Wildman–Crippen LogP) is 2.42. The second kappa shape index (κ2) is 5.07. The Kier molecular flexibility index (Phi) is 3.31. The van der Waals surface area contributed by atoms with Crippen LogP contribution in [0.5, 0.6) is 0 Å². The van der Waals surface area contributed by atoms with E-state index in [1.807, 2.05) is 60.7 Å². The molecule has 0 amide bonds. The van der Waals surface area contributed by atoms with Crippen LogP contribution in [0.4, 0.5) is 0 Å². The van der Waals surface area contributed by atoms with Gasteiger partial charge < -0.3 is 5.84 Å². The number of nitrogens with two attached hydrogens (primary N) is 1. The Labute approximate surface area is 100 Å². The van der Waals surface area contributed by atoms with Crippen molar-refractivity contribution < 1.29 is 0 Å². The summed E-state index contributed by atoms with van der Waals surface area (Å²) in [7, 11) is 0. The molecule has 0 aromatic heterocycles. The summed E-state index contributed by atoms with van der Waals surface area (Å²) < 4.78 is 0. The second-order valence-corrected chi connectivity index (χ2v) is 3.58. The molecule has 3 heteroatoms. The molecule has 0 saturated carbocycles. The average Bonchev–Trinajstić information content (AvgIpc) is 2.42. The highest BCUT2D eigenvalue weighted by atomic mass is 15.1. The maximum atomic E-state index is 8.11. The van der Waals surface area contributed by atoms with Crippen molar-refractivity contribution in [3.8, 4) is 0 Å². The van der Waals surface area contributed by atoms with E-state index < -0.39 is 0 Å². The molecule has 17 heavy (non-hydrogen) atoms. The number of nitrogens with zero attached hydrogens (tertiary/aromatic N) is 1. The quantitative estimate of drug-likeness (QED) is 0.468. The van der Waals surface area contributed by atoms with E-state index in [0.717, 1.165) is 11.1 Å². The van der Waals surface area contributed by atoms with Crippen molar-refractivity contribution in [2.75, 3.05) is 0 Å². The van der Waals surface area contributed by atoms with E-state index >= 15 is 0 Å². The minimum absolute atomic E-state index is 0.333. The fraction of sp³-hybridized carbons (Fsp3) is 0. The van der Waals surface area contributed by atoms with Crippen LogP contribution in [0.2, 0.25) is 0 Å². The first-order chi connectivity index (χ1) is 8.33. The van der Waals surface area contributed by atoms with Crippen molar-refractivity contribution in [2.45, 2.75) is 0 Å². The van der Waals surface area contributed by atoms with Crippen molar-refractivity contribution in [1.29, 1.82) is 5.41 Å². The van der Waals surface area contributed by atoms with E-state index in [1.165, 1.54) is 0 Å². The maximum Gasteiger partial charge on any atom is 0.115 e. The van der Waals surface area contributed by atoms with Crippen molar-refractivity contribution in [3.63, 3.8) is 0 Å². The van der Waals surface area contributed by atoms with E-state index in [9.17, 15) is 0 Å². The normalized spacial score (nSPS) is 11.2. The summed E-state index contributed by atoms with van der Waals surface area (Å²) in [5, 5.41) is 11.8. The van der Waals surface area contributed by atoms with Gasteiger partial charge in [0, 0.05) is 11.1 Å². The second-order valence-electron chi connectivity index (χ2n) is 3.58. The molecule has 84 valence electrons. The highest BCUT2D eigenvalue weighted by Gasteiger charge is 2.11. The fourth-order valence-electron chi connectivity index (χ4n) is 1.62. The van der Waals surface area contributed by atoms with Crippen LogP contribution in [0.15, 0.2) is 65.8 Å². The van der Waals surface area contributed by atoms with E-state index in [-0.39, 0.29) is 0 Å². The van der Waals surface area contributed by atoms with Crippen LogP contribution in [0.1, 0.15) is 11.1 Å². The zero-order valence-electron chi connectivity index (χ0n) is 9.30. The monoisotopic (exact) mass is 223 g/mol. The van der Waals surface area contributed by atoms with Crippen molar-refractivity contribution in [1.82, 2.24) is 0 Å². The van der Waals surface area contributed by atoms with Crippen molar-refractivity contribution in [3.05, 3.63) is 71.8 Å². The van der Waals surface area contributed by atoms with Crippen LogP contribution in [-0.2, 0) is 0 Å². The topological polar surface area (TPSA) is 62.2 Å². The fourth-order valence-corrected chi connectivity index (χ4v) is 1.62. The molecule has 0 radical (unpaired) electrons. The first kappa shape index (κ1) is 11.1. The number of hydrogen-bond acceptors (Lipinski definition) is 3. The summed E-state index contributed by atoms with van der Waals surface area (Å²) in [5.41, 5.74) is 2.49. The number of nitrogens with one attached hydrogen (secondary N) is 1. The van der Waals surface area contributed by atoms with Gasteiger partial charge in [-0.2, -0.15) is 5.10 Å². The molecule has 2 rings (SSSR count). The van der Waals surface area contributed by atoms with Gasteiger partial charge in [0.05, 0.1) is 5.71 Å². The molecule has 0 saturated heterocycles. The highest BCUT2D eigenvalue weighted by Crippen LogP contribution is 2.08. The van der Waals surface area contributed by atoms with Gasteiger partial charge in [-0.05, 0) is 0 Å². The van der Waals surface area contributed by atoms with Crippen LogP contribution in [0.3, 0.4) is 0 Å². The average molecular weight is 223 g/mol. The molecule has 0 spiro atoms. The summed E-state index contributed by atoms with van der Waals surface area (Å²) in [4.78, 5) is 0. The summed E-state index contributed by atoms with van der Waals surface area (Å²) >= 11 is 0. The molecule has 0 bridgehead atoms. The lowest BCUT2D eigenvalue weighted by Gasteiger charge is -2.07. The first-order valence-electron chi connectivity index (χ1n) is 5.30. The van der Waals surface area contributed by atoms with Gasteiger partial charge in [-0.3, -0.25) is 5.41 Å². The molecular formula is C14H13N3. The third-order valence-electron chi connectivity index (χ3n) is 2.48.